The normalized spacial score (nSPS) is 11.9. The Bertz CT molecular complexity index is 1000. The Kier molecular flexibility index (Phi) is 5.37. The minimum atomic E-state index is -4.32. The van der Waals surface area contributed by atoms with E-state index in [1.165, 1.54) is 18.2 Å². The molecule has 0 bridgehead atoms. The summed E-state index contributed by atoms with van der Waals surface area (Å²) in [6, 6.07) is 10.5. The van der Waals surface area contributed by atoms with E-state index in [1.54, 1.807) is 0 Å². The number of hydrogen-bond acceptors (Lipinski definition) is 3. The Labute approximate surface area is 154 Å². The molecular weight excluding hydrogens is 355 g/mol. The highest BCUT2D eigenvalue weighted by Gasteiger charge is 2.29. The number of alkyl halides is 3. The molecule has 0 amide bonds. The number of aryl methyl sites for hydroxylation is 2. The van der Waals surface area contributed by atoms with E-state index in [0.717, 1.165) is 39.8 Å². The van der Waals surface area contributed by atoms with Crippen LogP contribution in [0, 0.1) is 13.8 Å². The summed E-state index contributed by atoms with van der Waals surface area (Å²) < 4.78 is 43.0. The molecular formula is C21H20F3NO2. The van der Waals surface area contributed by atoms with Gasteiger partial charge in [0.05, 0.1) is 5.56 Å². The van der Waals surface area contributed by atoms with E-state index in [4.69, 9.17) is 4.42 Å². The highest BCUT2D eigenvalue weighted by molar-refractivity contribution is 5.81. The van der Waals surface area contributed by atoms with Crippen molar-refractivity contribution in [3.8, 4) is 0 Å². The number of nitrogens with one attached hydrogen (secondary N) is 1. The molecule has 3 nitrogen and oxygen atoms in total. The summed E-state index contributed by atoms with van der Waals surface area (Å²) in [5, 5.41) is 4.13. The third-order valence-electron chi connectivity index (χ3n) is 4.63. The Morgan fingerprint density at radius 1 is 1.00 bits per heavy atom. The van der Waals surface area contributed by atoms with Crippen molar-refractivity contribution in [2.24, 2.45) is 0 Å². The van der Waals surface area contributed by atoms with Crippen LogP contribution in [0.5, 0.6) is 0 Å². The number of fused-ring (bicyclic) bond motifs is 1. The van der Waals surface area contributed by atoms with Gasteiger partial charge in [0.15, 0.2) is 0 Å². The van der Waals surface area contributed by atoms with Crippen LogP contribution in [0.25, 0.3) is 11.0 Å². The maximum absolute atomic E-state index is 12.6. The van der Waals surface area contributed by atoms with Crippen LogP contribution in [-0.2, 0) is 19.1 Å². The van der Waals surface area contributed by atoms with Crippen molar-refractivity contribution in [2.45, 2.75) is 33.0 Å². The topological polar surface area (TPSA) is 42.2 Å². The quantitative estimate of drug-likeness (QED) is 0.516. The molecule has 1 N–H and O–H groups in total. The zero-order chi connectivity index (χ0) is 19.6. The lowest BCUT2D eigenvalue weighted by Gasteiger charge is -2.10. The van der Waals surface area contributed by atoms with Gasteiger partial charge in [-0.3, -0.25) is 0 Å². The van der Waals surface area contributed by atoms with Crippen LogP contribution in [0.2, 0.25) is 0 Å². The van der Waals surface area contributed by atoms with Crippen molar-refractivity contribution >= 4 is 11.0 Å². The van der Waals surface area contributed by atoms with Crippen LogP contribution >= 0.6 is 0 Å². The predicted molar refractivity (Wildman–Crippen MR) is 98.8 cm³/mol. The summed E-state index contributed by atoms with van der Waals surface area (Å²) in [5.41, 5.74) is 3.35. The molecule has 0 aliphatic carbocycles. The first-order valence-corrected chi connectivity index (χ1v) is 8.65. The van der Waals surface area contributed by atoms with Gasteiger partial charge in [-0.05, 0) is 73.3 Å². The standard InChI is InChI=1S/C21H20F3NO2/c1-13-9-18-16(11-20(26)27-19(18)10-14(13)2)12-25-8-7-15-3-5-17(6-4-15)21(22,23)24/h3-6,9-11,25H,7-8,12H2,1-2H3. The second-order valence-electron chi connectivity index (χ2n) is 6.64. The molecule has 0 spiro atoms. The maximum Gasteiger partial charge on any atom is 0.416 e. The Balaban J connectivity index is 1.65. The van der Waals surface area contributed by atoms with Gasteiger partial charge in [-0.25, -0.2) is 4.79 Å². The number of rotatable bonds is 5. The molecule has 0 fully saturated rings. The van der Waals surface area contributed by atoms with Crippen molar-refractivity contribution in [1.82, 2.24) is 5.32 Å². The van der Waals surface area contributed by atoms with E-state index in [-0.39, 0.29) is 0 Å². The molecule has 3 rings (SSSR count). The van der Waals surface area contributed by atoms with E-state index in [2.05, 4.69) is 5.32 Å². The third kappa shape index (κ3) is 4.57. The van der Waals surface area contributed by atoms with Gasteiger partial charge in [-0.15, -0.1) is 0 Å². The summed E-state index contributed by atoms with van der Waals surface area (Å²) in [6.07, 6.45) is -3.72. The number of benzene rings is 2. The average molecular weight is 375 g/mol. The summed E-state index contributed by atoms with van der Waals surface area (Å²) in [5.74, 6) is 0. The SMILES string of the molecule is Cc1cc2oc(=O)cc(CNCCc3ccc(C(F)(F)F)cc3)c2cc1C. The lowest BCUT2D eigenvalue weighted by molar-refractivity contribution is -0.137. The average Bonchev–Trinajstić information content (AvgIpc) is 2.60. The molecule has 0 unspecified atom stereocenters. The van der Waals surface area contributed by atoms with E-state index in [0.29, 0.717) is 25.1 Å². The van der Waals surface area contributed by atoms with E-state index >= 15 is 0 Å². The zero-order valence-electron chi connectivity index (χ0n) is 15.1. The van der Waals surface area contributed by atoms with Gasteiger partial charge < -0.3 is 9.73 Å². The summed E-state index contributed by atoms with van der Waals surface area (Å²) in [6.45, 7) is 5.02. The van der Waals surface area contributed by atoms with Crippen molar-refractivity contribution in [1.29, 1.82) is 0 Å². The molecule has 0 saturated heterocycles. The third-order valence-corrected chi connectivity index (χ3v) is 4.63. The van der Waals surface area contributed by atoms with Crippen LogP contribution in [0.3, 0.4) is 0 Å². The molecule has 3 aromatic rings. The van der Waals surface area contributed by atoms with Crippen molar-refractivity contribution < 1.29 is 17.6 Å². The zero-order valence-corrected chi connectivity index (χ0v) is 15.1. The van der Waals surface area contributed by atoms with Gasteiger partial charge in [0.1, 0.15) is 5.58 Å². The first-order valence-electron chi connectivity index (χ1n) is 8.65. The molecule has 0 atom stereocenters. The summed E-state index contributed by atoms with van der Waals surface area (Å²) in [4.78, 5) is 11.8. The number of halogens is 3. The van der Waals surface area contributed by atoms with Crippen LogP contribution in [0.4, 0.5) is 13.2 Å². The molecule has 2 aromatic carbocycles. The molecule has 142 valence electrons. The van der Waals surface area contributed by atoms with Gasteiger partial charge in [0.2, 0.25) is 0 Å². The lowest BCUT2D eigenvalue weighted by atomic mass is 10.0. The molecule has 0 aliphatic heterocycles. The molecule has 1 heterocycles. The molecule has 27 heavy (non-hydrogen) atoms. The highest BCUT2D eigenvalue weighted by Crippen LogP contribution is 2.29. The Morgan fingerprint density at radius 3 is 2.33 bits per heavy atom. The van der Waals surface area contributed by atoms with Gasteiger partial charge in [-0.1, -0.05) is 12.1 Å². The Morgan fingerprint density at radius 2 is 1.67 bits per heavy atom. The lowest BCUT2D eigenvalue weighted by Crippen LogP contribution is -2.18. The fraction of sp³-hybridized carbons (Fsp3) is 0.286. The largest absolute Gasteiger partial charge is 0.423 e. The van der Waals surface area contributed by atoms with Crippen LogP contribution in [0.1, 0.15) is 27.8 Å². The fourth-order valence-corrected chi connectivity index (χ4v) is 2.95. The van der Waals surface area contributed by atoms with Gasteiger partial charge in [-0.2, -0.15) is 13.2 Å². The molecule has 0 radical (unpaired) electrons. The van der Waals surface area contributed by atoms with Gasteiger partial charge >= 0.3 is 11.8 Å². The summed E-state index contributed by atoms with van der Waals surface area (Å²) >= 11 is 0. The molecule has 0 aliphatic rings. The van der Waals surface area contributed by atoms with Gasteiger partial charge in [0, 0.05) is 18.0 Å². The monoisotopic (exact) mass is 375 g/mol. The number of hydrogen-bond donors (Lipinski definition) is 1. The minimum Gasteiger partial charge on any atom is -0.423 e. The van der Waals surface area contributed by atoms with Crippen molar-refractivity contribution in [3.63, 3.8) is 0 Å². The molecule has 0 saturated carbocycles. The minimum absolute atomic E-state index is 0.398. The van der Waals surface area contributed by atoms with Crippen LogP contribution < -0.4 is 10.9 Å². The first kappa shape index (κ1) is 19.2. The predicted octanol–water partition coefficient (Wildman–Crippen LogP) is 4.76. The summed E-state index contributed by atoms with van der Waals surface area (Å²) in [7, 11) is 0. The maximum atomic E-state index is 12.6. The van der Waals surface area contributed by atoms with Gasteiger partial charge in [0.25, 0.3) is 0 Å². The van der Waals surface area contributed by atoms with Crippen LogP contribution in [-0.4, -0.2) is 6.54 Å². The van der Waals surface area contributed by atoms with Crippen molar-refractivity contribution in [2.75, 3.05) is 6.54 Å². The van der Waals surface area contributed by atoms with E-state index in [1.807, 2.05) is 26.0 Å². The second-order valence-corrected chi connectivity index (χ2v) is 6.64. The second kappa shape index (κ2) is 7.56. The molecule has 1 aromatic heterocycles. The van der Waals surface area contributed by atoms with Crippen LogP contribution in [0.15, 0.2) is 51.7 Å². The Hall–Kier alpha value is -2.60. The smallest absolute Gasteiger partial charge is 0.416 e. The highest BCUT2D eigenvalue weighted by atomic mass is 19.4. The fourth-order valence-electron chi connectivity index (χ4n) is 2.95. The van der Waals surface area contributed by atoms with Crippen molar-refractivity contribution in [3.05, 3.63) is 80.7 Å². The van der Waals surface area contributed by atoms with E-state index < -0.39 is 17.4 Å². The van der Waals surface area contributed by atoms with E-state index in [9.17, 15) is 18.0 Å². The molecule has 6 heteroatoms. The first-order chi connectivity index (χ1) is 12.7.